The van der Waals surface area contributed by atoms with Gasteiger partial charge in [0.25, 0.3) is 5.56 Å². The maximum absolute atomic E-state index is 12.9. The van der Waals surface area contributed by atoms with Gasteiger partial charge in [0.15, 0.2) is 11.5 Å². The summed E-state index contributed by atoms with van der Waals surface area (Å²) < 4.78 is 17.3. The van der Waals surface area contributed by atoms with Crippen LogP contribution in [0, 0.1) is 0 Å². The lowest BCUT2D eigenvalue weighted by Crippen LogP contribution is -2.12. The van der Waals surface area contributed by atoms with Crippen molar-refractivity contribution in [2.45, 2.75) is 51.9 Å². The van der Waals surface area contributed by atoms with Gasteiger partial charge in [-0.3, -0.25) is 4.79 Å². The largest absolute Gasteiger partial charge is 0.493 e. The fourth-order valence-corrected chi connectivity index (χ4v) is 5.86. The maximum Gasteiger partial charge on any atom is 0.260 e. The number of hydrogen-bond acceptors (Lipinski definition) is 6. The van der Waals surface area contributed by atoms with Crippen LogP contribution >= 0.6 is 11.3 Å². The molecule has 1 N–H and O–H groups in total. The molecular formula is C29H32N2O4S. The van der Waals surface area contributed by atoms with Crippen LogP contribution in [0.25, 0.3) is 21.6 Å². The lowest BCUT2D eigenvalue weighted by molar-refractivity contribution is 0.211. The molecule has 188 valence electrons. The van der Waals surface area contributed by atoms with E-state index in [0.717, 1.165) is 40.8 Å². The molecule has 0 unspecified atom stereocenters. The van der Waals surface area contributed by atoms with E-state index in [1.54, 1.807) is 18.4 Å². The number of aryl methyl sites for hydroxylation is 2. The van der Waals surface area contributed by atoms with Crippen molar-refractivity contribution in [1.29, 1.82) is 0 Å². The molecule has 0 spiro atoms. The number of methoxy groups -OCH3 is 1. The second-order valence-corrected chi connectivity index (χ2v) is 11.2. The Balaban J connectivity index is 1.27. The van der Waals surface area contributed by atoms with Crippen LogP contribution in [0.2, 0.25) is 0 Å². The van der Waals surface area contributed by atoms with Crippen molar-refractivity contribution in [1.82, 2.24) is 9.97 Å². The molecule has 7 heteroatoms. The summed E-state index contributed by atoms with van der Waals surface area (Å²) in [4.78, 5) is 22.8. The molecule has 0 atom stereocenters. The van der Waals surface area contributed by atoms with Gasteiger partial charge in [0.1, 0.15) is 29.6 Å². The first-order chi connectivity index (χ1) is 17.3. The van der Waals surface area contributed by atoms with E-state index < -0.39 is 0 Å². The smallest absolute Gasteiger partial charge is 0.260 e. The summed E-state index contributed by atoms with van der Waals surface area (Å²) >= 11 is 1.65. The third-order valence-electron chi connectivity index (χ3n) is 6.59. The molecule has 0 amide bonds. The molecule has 2 aromatic carbocycles. The van der Waals surface area contributed by atoms with E-state index >= 15 is 0 Å². The number of fused-ring (bicyclic) bond motifs is 3. The highest BCUT2D eigenvalue weighted by Crippen LogP contribution is 2.36. The summed E-state index contributed by atoms with van der Waals surface area (Å²) in [6, 6.07) is 13.8. The number of rotatable bonds is 7. The Morgan fingerprint density at radius 1 is 0.972 bits per heavy atom. The van der Waals surface area contributed by atoms with E-state index in [1.165, 1.54) is 22.4 Å². The lowest BCUT2D eigenvalue weighted by atomic mass is 9.87. The molecule has 0 radical (unpaired) electrons. The standard InChI is InChI=1S/C29H32N2O4S/c1-29(2,3)19-10-12-20(13-11-19)34-15-16-35-22-14-9-18(17-23(22)33-4)26-30-27(32)25-21-7-5-6-8-24(21)36-28(25)31-26/h9-14,17H,5-8,15-16H2,1-4H3,(H,30,31,32). The maximum atomic E-state index is 12.9. The average Bonchev–Trinajstić information content (AvgIpc) is 3.25. The van der Waals surface area contributed by atoms with Crippen molar-refractivity contribution >= 4 is 21.6 Å². The molecule has 0 aliphatic heterocycles. The van der Waals surface area contributed by atoms with Crippen molar-refractivity contribution < 1.29 is 14.2 Å². The van der Waals surface area contributed by atoms with Crippen molar-refractivity contribution in [2.75, 3.05) is 20.3 Å². The first-order valence-corrected chi connectivity index (χ1v) is 13.2. The highest BCUT2D eigenvalue weighted by Gasteiger charge is 2.20. The predicted molar refractivity (Wildman–Crippen MR) is 145 cm³/mol. The van der Waals surface area contributed by atoms with Crippen molar-refractivity contribution in [3.8, 4) is 28.6 Å². The first-order valence-electron chi connectivity index (χ1n) is 12.4. The monoisotopic (exact) mass is 504 g/mol. The quantitative estimate of drug-likeness (QED) is 0.299. The molecule has 4 aromatic rings. The third kappa shape index (κ3) is 4.98. The SMILES string of the molecule is COc1cc(-c2nc3sc4c(c3c(=O)[nH]2)CCCC4)ccc1OCCOc1ccc(C(C)(C)C)cc1. The Morgan fingerprint density at radius 3 is 2.47 bits per heavy atom. The van der Waals surface area contributed by atoms with Crippen LogP contribution in [-0.2, 0) is 18.3 Å². The molecule has 1 aliphatic carbocycles. The van der Waals surface area contributed by atoms with Gasteiger partial charge in [0.2, 0.25) is 0 Å². The van der Waals surface area contributed by atoms with Crippen LogP contribution < -0.4 is 19.8 Å². The lowest BCUT2D eigenvalue weighted by Gasteiger charge is -2.19. The molecular weight excluding hydrogens is 472 g/mol. The van der Waals surface area contributed by atoms with Crippen LogP contribution in [0.5, 0.6) is 17.2 Å². The summed E-state index contributed by atoms with van der Waals surface area (Å²) in [7, 11) is 1.60. The Morgan fingerprint density at radius 2 is 1.72 bits per heavy atom. The molecule has 6 nitrogen and oxygen atoms in total. The molecule has 0 saturated carbocycles. The van der Waals surface area contributed by atoms with Crippen molar-refractivity contribution in [3.63, 3.8) is 0 Å². The summed E-state index contributed by atoms with van der Waals surface area (Å²) in [6.07, 6.45) is 4.31. The minimum atomic E-state index is -0.0682. The van der Waals surface area contributed by atoms with Gasteiger partial charge in [-0.15, -0.1) is 11.3 Å². The van der Waals surface area contributed by atoms with Crippen LogP contribution in [-0.4, -0.2) is 30.3 Å². The van der Waals surface area contributed by atoms with Gasteiger partial charge in [-0.25, -0.2) is 4.98 Å². The number of hydrogen-bond donors (Lipinski definition) is 1. The van der Waals surface area contributed by atoms with Crippen LogP contribution in [0.1, 0.15) is 49.6 Å². The summed E-state index contributed by atoms with van der Waals surface area (Å²) in [5.41, 5.74) is 3.28. The van der Waals surface area contributed by atoms with Crippen molar-refractivity contribution in [3.05, 3.63) is 68.8 Å². The van der Waals surface area contributed by atoms with Crippen LogP contribution in [0.15, 0.2) is 47.3 Å². The van der Waals surface area contributed by atoms with E-state index in [-0.39, 0.29) is 11.0 Å². The highest BCUT2D eigenvalue weighted by atomic mass is 32.1. The van der Waals surface area contributed by atoms with E-state index in [1.807, 2.05) is 30.3 Å². The molecule has 5 rings (SSSR count). The van der Waals surface area contributed by atoms with E-state index in [0.29, 0.717) is 30.5 Å². The second kappa shape index (κ2) is 9.97. The first kappa shape index (κ1) is 24.4. The van der Waals surface area contributed by atoms with Gasteiger partial charge < -0.3 is 19.2 Å². The van der Waals surface area contributed by atoms with Gasteiger partial charge >= 0.3 is 0 Å². The number of aromatic amines is 1. The van der Waals surface area contributed by atoms with Gasteiger partial charge in [-0.05, 0) is 72.6 Å². The van der Waals surface area contributed by atoms with Crippen LogP contribution in [0.3, 0.4) is 0 Å². The molecule has 36 heavy (non-hydrogen) atoms. The van der Waals surface area contributed by atoms with Gasteiger partial charge in [-0.1, -0.05) is 32.9 Å². The number of nitrogens with one attached hydrogen (secondary N) is 1. The highest BCUT2D eigenvalue weighted by molar-refractivity contribution is 7.18. The Bertz CT molecular complexity index is 1430. The van der Waals surface area contributed by atoms with Gasteiger partial charge in [0, 0.05) is 10.4 Å². The zero-order chi connectivity index (χ0) is 25.3. The number of aromatic nitrogens is 2. The average molecular weight is 505 g/mol. The van der Waals surface area contributed by atoms with Crippen LogP contribution in [0.4, 0.5) is 0 Å². The number of benzene rings is 2. The molecule has 0 bridgehead atoms. The summed E-state index contributed by atoms with van der Waals surface area (Å²) in [6.45, 7) is 7.36. The molecule has 0 fully saturated rings. The Labute approximate surface area is 215 Å². The molecule has 2 aromatic heterocycles. The number of ether oxygens (including phenoxy) is 3. The van der Waals surface area contributed by atoms with E-state index in [9.17, 15) is 4.79 Å². The zero-order valence-corrected chi connectivity index (χ0v) is 22.1. The fraction of sp³-hybridized carbons (Fsp3) is 0.379. The van der Waals surface area contributed by atoms with Gasteiger partial charge in [-0.2, -0.15) is 0 Å². The Hall–Kier alpha value is -3.32. The summed E-state index contributed by atoms with van der Waals surface area (Å²) in [5.74, 6) is 2.55. The summed E-state index contributed by atoms with van der Waals surface area (Å²) in [5, 5.41) is 0.762. The van der Waals surface area contributed by atoms with Gasteiger partial charge in [0.05, 0.1) is 12.5 Å². The normalized spacial score (nSPS) is 13.4. The topological polar surface area (TPSA) is 73.4 Å². The molecule has 2 heterocycles. The third-order valence-corrected chi connectivity index (χ3v) is 7.78. The minimum Gasteiger partial charge on any atom is -0.493 e. The zero-order valence-electron chi connectivity index (χ0n) is 21.3. The second-order valence-electron chi connectivity index (χ2n) is 10.1. The predicted octanol–water partition coefficient (Wildman–Crippen LogP) is 6.29. The van der Waals surface area contributed by atoms with Crippen molar-refractivity contribution in [2.24, 2.45) is 0 Å². The number of thiophene rings is 1. The number of H-pyrrole nitrogens is 1. The fourth-order valence-electron chi connectivity index (χ4n) is 4.60. The minimum absolute atomic E-state index is 0.0682. The molecule has 1 aliphatic rings. The number of nitrogens with zero attached hydrogens (tertiary/aromatic N) is 1. The molecule has 0 saturated heterocycles. The Kier molecular flexibility index (Phi) is 6.75. The van der Waals surface area contributed by atoms with E-state index in [2.05, 4.69) is 37.9 Å². The van der Waals surface area contributed by atoms with E-state index in [4.69, 9.17) is 19.2 Å².